The number of benzene rings is 1. The molecular formula is C14H13BrClFN2. The van der Waals surface area contributed by atoms with Gasteiger partial charge in [0.1, 0.15) is 5.82 Å². The molecule has 0 spiro atoms. The summed E-state index contributed by atoms with van der Waals surface area (Å²) >= 11 is 9.54. The van der Waals surface area contributed by atoms with Gasteiger partial charge < -0.3 is 5.32 Å². The van der Waals surface area contributed by atoms with Crippen LogP contribution in [-0.2, 0) is 0 Å². The van der Waals surface area contributed by atoms with Gasteiger partial charge in [0.2, 0.25) is 0 Å². The fourth-order valence-electron chi connectivity index (χ4n) is 1.77. The number of nitrogens with one attached hydrogen (secondary N) is 1. The second-order valence-corrected chi connectivity index (χ2v) is 5.45. The van der Waals surface area contributed by atoms with E-state index in [1.807, 2.05) is 25.1 Å². The number of hydrogen-bond donors (Lipinski definition) is 1. The first-order valence-corrected chi connectivity index (χ1v) is 7.10. The van der Waals surface area contributed by atoms with E-state index in [0.29, 0.717) is 5.02 Å². The van der Waals surface area contributed by atoms with Crippen LogP contribution in [0.3, 0.4) is 0 Å². The van der Waals surface area contributed by atoms with E-state index in [9.17, 15) is 4.39 Å². The van der Waals surface area contributed by atoms with Gasteiger partial charge in [0.05, 0.1) is 28.6 Å². The molecule has 1 heterocycles. The van der Waals surface area contributed by atoms with Crippen molar-refractivity contribution < 1.29 is 4.39 Å². The van der Waals surface area contributed by atoms with Gasteiger partial charge in [0, 0.05) is 4.47 Å². The fourth-order valence-corrected chi connectivity index (χ4v) is 2.50. The van der Waals surface area contributed by atoms with Gasteiger partial charge in [-0.05, 0) is 36.8 Å². The van der Waals surface area contributed by atoms with Crippen molar-refractivity contribution in [1.82, 2.24) is 4.98 Å². The summed E-state index contributed by atoms with van der Waals surface area (Å²) in [6.07, 6.45) is 2.05. The van der Waals surface area contributed by atoms with Crippen molar-refractivity contribution in [2.24, 2.45) is 0 Å². The molecule has 1 aromatic carbocycles. The minimum Gasteiger partial charge on any atom is -0.375 e. The minimum absolute atomic E-state index is 0.000671. The molecule has 0 amide bonds. The number of nitrogens with zero attached hydrogens (tertiary/aromatic N) is 1. The third-order valence-electron chi connectivity index (χ3n) is 2.78. The van der Waals surface area contributed by atoms with Crippen LogP contribution < -0.4 is 5.32 Å². The SMILES string of the molecule is CCC(Nc1ccc(Br)cc1Cl)c1ccc(F)cn1. The normalized spacial score (nSPS) is 12.2. The summed E-state index contributed by atoms with van der Waals surface area (Å²) in [5.41, 5.74) is 1.63. The molecule has 0 saturated carbocycles. The Hall–Kier alpha value is -1.13. The first-order chi connectivity index (χ1) is 9.10. The molecule has 1 atom stereocenters. The first-order valence-electron chi connectivity index (χ1n) is 5.93. The third-order valence-corrected chi connectivity index (χ3v) is 3.58. The number of anilines is 1. The van der Waals surface area contributed by atoms with E-state index in [1.165, 1.54) is 12.3 Å². The number of pyridine rings is 1. The highest BCUT2D eigenvalue weighted by atomic mass is 79.9. The monoisotopic (exact) mass is 342 g/mol. The lowest BCUT2D eigenvalue weighted by Gasteiger charge is -2.18. The van der Waals surface area contributed by atoms with Crippen LogP contribution in [-0.4, -0.2) is 4.98 Å². The first kappa shape index (κ1) is 14.3. The summed E-state index contributed by atoms with van der Waals surface area (Å²) in [5.74, 6) is -0.333. The van der Waals surface area contributed by atoms with Crippen molar-refractivity contribution >= 4 is 33.2 Å². The van der Waals surface area contributed by atoms with Gasteiger partial charge in [0.15, 0.2) is 0 Å². The van der Waals surface area contributed by atoms with Crippen LogP contribution >= 0.6 is 27.5 Å². The molecule has 0 aliphatic heterocycles. The Kier molecular flexibility index (Phi) is 4.77. The van der Waals surface area contributed by atoms with Gasteiger partial charge in [0.25, 0.3) is 0 Å². The summed E-state index contributed by atoms with van der Waals surface area (Å²) in [4.78, 5) is 4.10. The molecule has 19 heavy (non-hydrogen) atoms. The largest absolute Gasteiger partial charge is 0.375 e. The molecule has 0 radical (unpaired) electrons. The van der Waals surface area contributed by atoms with Crippen LogP contribution in [0.25, 0.3) is 0 Å². The zero-order valence-electron chi connectivity index (χ0n) is 10.3. The van der Waals surface area contributed by atoms with E-state index in [4.69, 9.17) is 11.6 Å². The van der Waals surface area contributed by atoms with Crippen molar-refractivity contribution in [1.29, 1.82) is 0 Å². The zero-order chi connectivity index (χ0) is 13.8. The minimum atomic E-state index is -0.333. The predicted octanol–water partition coefficient (Wildman–Crippen LogP) is 5.20. The average molecular weight is 344 g/mol. The smallest absolute Gasteiger partial charge is 0.141 e. The maximum atomic E-state index is 12.9. The van der Waals surface area contributed by atoms with E-state index < -0.39 is 0 Å². The van der Waals surface area contributed by atoms with Crippen molar-refractivity contribution in [3.8, 4) is 0 Å². The van der Waals surface area contributed by atoms with E-state index in [0.717, 1.165) is 22.3 Å². The molecule has 2 rings (SSSR count). The summed E-state index contributed by atoms with van der Waals surface area (Å²) in [5, 5.41) is 3.96. The fraction of sp³-hybridized carbons (Fsp3) is 0.214. The number of hydrogen-bond acceptors (Lipinski definition) is 2. The molecule has 2 aromatic rings. The van der Waals surface area contributed by atoms with Crippen molar-refractivity contribution in [2.45, 2.75) is 19.4 Å². The molecular weight excluding hydrogens is 331 g/mol. The molecule has 0 bridgehead atoms. The molecule has 1 N–H and O–H groups in total. The standard InChI is InChI=1S/C14H13BrClFN2/c1-2-12(14-6-4-10(17)8-18-14)19-13-5-3-9(15)7-11(13)16/h3-8,12,19H,2H2,1H3. The molecule has 0 saturated heterocycles. The molecule has 1 aromatic heterocycles. The van der Waals surface area contributed by atoms with Gasteiger partial charge in [-0.15, -0.1) is 0 Å². The van der Waals surface area contributed by atoms with E-state index in [-0.39, 0.29) is 11.9 Å². The van der Waals surface area contributed by atoms with E-state index in [1.54, 1.807) is 6.07 Å². The van der Waals surface area contributed by atoms with E-state index >= 15 is 0 Å². The van der Waals surface area contributed by atoms with Crippen LogP contribution in [0.1, 0.15) is 25.1 Å². The Bertz CT molecular complexity index is 560. The van der Waals surface area contributed by atoms with Crippen molar-refractivity contribution in [3.05, 3.63) is 57.5 Å². The van der Waals surface area contributed by atoms with Gasteiger partial charge in [-0.25, -0.2) is 4.39 Å². The maximum Gasteiger partial charge on any atom is 0.141 e. The Balaban J connectivity index is 2.21. The number of rotatable bonds is 4. The van der Waals surface area contributed by atoms with Gasteiger partial charge in [-0.1, -0.05) is 34.5 Å². The topological polar surface area (TPSA) is 24.9 Å². The number of aromatic nitrogens is 1. The quantitative estimate of drug-likeness (QED) is 0.825. The van der Waals surface area contributed by atoms with Crippen LogP contribution in [0.15, 0.2) is 41.0 Å². The van der Waals surface area contributed by atoms with Crippen LogP contribution in [0, 0.1) is 5.82 Å². The molecule has 0 fully saturated rings. The molecule has 5 heteroatoms. The van der Waals surface area contributed by atoms with Crippen LogP contribution in [0.2, 0.25) is 5.02 Å². The maximum absolute atomic E-state index is 12.9. The lowest BCUT2D eigenvalue weighted by molar-refractivity contribution is 0.614. The van der Waals surface area contributed by atoms with Gasteiger partial charge >= 0.3 is 0 Å². The third kappa shape index (κ3) is 3.67. The second-order valence-electron chi connectivity index (χ2n) is 4.13. The molecule has 1 unspecified atom stereocenters. The highest BCUT2D eigenvalue weighted by molar-refractivity contribution is 9.10. The summed E-state index contributed by atoms with van der Waals surface area (Å²) in [7, 11) is 0. The Labute approximate surface area is 125 Å². The molecule has 0 aliphatic carbocycles. The summed E-state index contributed by atoms with van der Waals surface area (Å²) in [6.45, 7) is 2.04. The van der Waals surface area contributed by atoms with Gasteiger partial charge in [-0.2, -0.15) is 0 Å². The summed E-state index contributed by atoms with van der Waals surface area (Å²) in [6, 6.07) is 8.74. The molecule has 2 nitrogen and oxygen atoms in total. The zero-order valence-corrected chi connectivity index (χ0v) is 12.7. The highest BCUT2D eigenvalue weighted by Crippen LogP contribution is 2.29. The lowest BCUT2D eigenvalue weighted by atomic mass is 10.1. The van der Waals surface area contributed by atoms with Gasteiger partial charge in [-0.3, -0.25) is 4.98 Å². The predicted molar refractivity (Wildman–Crippen MR) is 80.0 cm³/mol. The summed E-state index contributed by atoms with van der Waals surface area (Å²) < 4.78 is 13.8. The van der Waals surface area contributed by atoms with Crippen molar-refractivity contribution in [3.63, 3.8) is 0 Å². The van der Waals surface area contributed by atoms with Crippen LogP contribution in [0.4, 0.5) is 10.1 Å². The Morgan fingerprint density at radius 2 is 2.16 bits per heavy atom. The Morgan fingerprint density at radius 1 is 1.37 bits per heavy atom. The molecule has 0 aliphatic rings. The average Bonchev–Trinajstić information content (AvgIpc) is 2.39. The lowest BCUT2D eigenvalue weighted by Crippen LogP contribution is -2.11. The van der Waals surface area contributed by atoms with Crippen molar-refractivity contribution in [2.75, 3.05) is 5.32 Å². The number of halogens is 3. The van der Waals surface area contributed by atoms with E-state index in [2.05, 4.69) is 26.2 Å². The highest BCUT2D eigenvalue weighted by Gasteiger charge is 2.12. The molecule has 100 valence electrons. The van der Waals surface area contributed by atoms with Crippen LogP contribution in [0.5, 0.6) is 0 Å². The second kappa shape index (κ2) is 6.35. The Morgan fingerprint density at radius 3 is 2.74 bits per heavy atom.